The minimum Gasteiger partial charge on any atom is -0.376 e. The van der Waals surface area contributed by atoms with Gasteiger partial charge in [-0.25, -0.2) is 0 Å². The van der Waals surface area contributed by atoms with Crippen LogP contribution >= 0.6 is 0 Å². The zero-order valence-electron chi connectivity index (χ0n) is 12.3. The SMILES string of the molecule is CCC1CN(C2CCC2CNCC(C)C)CCO1. The van der Waals surface area contributed by atoms with Gasteiger partial charge in [-0.2, -0.15) is 0 Å². The molecule has 106 valence electrons. The number of nitrogens with zero attached hydrogens (tertiary/aromatic N) is 1. The lowest BCUT2D eigenvalue weighted by Gasteiger charge is -2.47. The number of nitrogens with one attached hydrogen (secondary N) is 1. The molecule has 2 fully saturated rings. The first-order valence-corrected chi connectivity index (χ1v) is 7.77. The van der Waals surface area contributed by atoms with Gasteiger partial charge in [0.2, 0.25) is 0 Å². The van der Waals surface area contributed by atoms with Crippen LogP contribution in [-0.2, 0) is 4.74 Å². The summed E-state index contributed by atoms with van der Waals surface area (Å²) in [4.78, 5) is 2.68. The number of hydrogen-bond donors (Lipinski definition) is 1. The van der Waals surface area contributed by atoms with Crippen LogP contribution < -0.4 is 5.32 Å². The molecular formula is C15H30N2O. The highest BCUT2D eigenvalue weighted by atomic mass is 16.5. The maximum atomic E-state index is 5.77. The fraction of sp³-hybridized carbons (Fsp3) is 1.00. The third kappa shape index (κ3) is 3.69. The zero-order chi connectivity index (χ0) is 13.0. The van der Waals surface area contributed by atoms with Gasteiger partial charge in [-0.3, -0.25) is 4.90 Å². The van der Waals surface area contributed by atoms with Crippen LogP contribution in [0.1, 0.15) is 40.0 Å². The van der Waals surface area contributed by atoms with Crippen molar-refractivity contribution < 1.29 is 4.74 Å². The van der Waals surface area contributed by atoms with E-state index < -0.39 is 0 Å². The molecule has 1 heterocycles. The van der Waals surface area contributed by atoms with Gasteiger partial charge in [0.15, 0.2) is 0 Å². The number of hydrogen-bond acceptors (Lipinski definition) is 3. The molecule has 2 rings (SSSR count). The van der Waals surface area contributed by atoms with Crippen molar-refractivity contribution in [1.82, 2.24) is 10.2 Å². The molecule has 1 saturated heterocycles. The van der Waals surface area contributed by atoms with E-state index in [1.807, 2.05) is 0 Å². The van der Waals surface area contributed by atoms with E-state index in [9.17, 15) is 0 Å². The van der Waals surface area contributed by atoms with E-state index in [-0.39, 0.29) is 0 Å². The van der Waals surface area contributed by atoms with E-state index in [4.69, 9.17) is 4.74 Å². The monoisotopic (exact) mass is 254 g/mol. The van der Waals surface area contributed by atoms with Gasteiger partial charge < -0.3 is 10.1 Å². The molecule has 0 amide bonds. The predicted molar refractivity (Wildman–Crippen MR) is 75.8 cm³/mol. The summed E-state index contributed by atoms with van der Waals surface area (Å²) in [6, 6.07) is 0.822. The highest BCUT2D eigenvalue weighted by molar-refractivity contribution is 4.91. The Kier molecular flexibility index (Phi) is 5.46. The van der Waals surface area contributed by atoms with Crippen molar-refractivity contribution in [2.75, 3.05) is 32.8 Å². The first-order valence-electron chi connectivity index (χ1n) is 7.77. The molecule has 3 heteroatoms. The van der Waals surface area contributed by atoms with Gasteiger partial charge in [0.25, 0.3) is 0 Å². The summed E-state index contributed by atoms with van der Waals surface area (Å²) in [6.45, 7) is 12.4. The topological polar surface area (TPSA) is 24.5 Å². The second kappa shape index (κ2) is 6.88. The van der Waals surface area contributed by atoms with Crippen molar-refractivity contribution in [3.8, 4) is 0 Å². The average Bonchev–Trinajstić information content (AvgIpc) is 2.33. The van der Waals surface area contributed by atoms with Gasteiger partial charge in [-0.1, -0.05) is 20.8 Å². The van der Waals surface area contributed by atoms with Gasteiger partial charge in [0.1, 0.15) is 0 Å². The van der Waals surface area contributed by atoms with Crippen LogP contribution in [0.5, 0.6) is 0 Å². The van der Waals surface area contributed by atoms with Gasteiger partial charge in [0.05, 0.1) is 12.7 Å². The molecule has 0 aromatic heterocycles. The third-order valence-electron chi connectivity index (χ3n) is 4.43. The molecule has 0 radical (unpaired) electrons. The summed E-state index contributed by atoms with van der Waals surface area (Å²) in [5, 5.41) is 3.62. The van der Waals surface area contributed by atoms with Gasteiger partial charge >= 0.3 is 0 Å². The molecule has 1 saturated carbocycles. The van der Waals surface area contributed by atoms with Crippen LogP contribution in [0.3, 0.4) is 0 Å². The molecule has 0 aromatic rings. The van der Waals surface area contributed by atoms with Crippen molar-refractivity contribution in [3.05, 3.63) is 0 Å². The lowest BCUT2D eigenvalue weighted by atomic mass is 9.78. The van der Waals surface area contributed by atoms with E-state index in [2.05, 4.69) is 31.0 Å². The maximum absolute atomic E-state index is 5.77. The van der Waals surface area contributed by atoms with Crippen LogP contribution in [0.4, 0.5) is 0 Å². The Morgan fingerprint density at radius 3 is 2.78 bits per heavy atom. The first-order chi connectivity index (χ1) is 8.70. The Morgan fingerprint density at radius 2 is 2.17 bits per heavy atom. The Morgan fingerprint density at radius 1 is 1.33 bits per heavy atom. The average molecular weight is 254 g/mol. The van der Waals surface area contributed by atoms with Crippen molar-refractivity contribution in [1.29, 1.82) is 0 Å². The second-order valence-electron chi connectivity index (χ2n) is 6.35. The Hall–Kier alpha value is -0.120. The van der Waals surface area contributed by atoms with E-state index in [1.165, 1.54) is 19.4 Å². The smallest absolute Gasteiger partial charge is 0.0700 e. The first kappa shape index (κ1) is 14.3. The molecule has 3 nitrogen and oxygen atoms in total. The van der Waals surface area contributed by atoms with Gasteiger partial charge in [0, 0.05) is 19.1 Å². The molecule has 1 aliphatic heterocycles. The molecule has 0 aromatic carbocycles. The van der Waals surface area contributed by atoms with Crippen molar-refractivity contribution in [2.45, 2.75) is 52.2 Å². The lowest BCUT2D eigenvalue weighted by Crippen LogP contribution is -2.55. The Bertz CT molecular complexity index is 245. The minimum atomic E-state index is 0.476. The molecule has 18 heavy (non-hydrogen) atoms. The normalized spacial score (nSPS) is 33.7. The highest BCUT2D eigenvalue weighted by Gasteiger charge is 2.37. The van der Waals surface area contributed by atoms with Crippen LogP contribution in [0.2, 0.25) is 0 Å². The van der Waals surface area contributed by atoms with Crippen LogP contribution in [0, 0.1) is 11.8 Å². The maximum Gasteiger partial charge on any atom is 0.0700 e. The van der Waals surface area contributed by atoms with Crippen LogP contribution in [-0.4, -0.2) is 49.8 Å². The van der Waals surface area contributed by atoms with Gasteiger partial charge in [-0.05, 0) is 44.2 Å². The largest absolute Gasteiger partial charge is 0.376 e. The summed E-state index contributed by atoms with van der Waals surface area (Å²) < 4.78 is 5.77. The third-order valence-corrected chi connectivity index (χ3v) is 4.43. The summed E-state index contributed by atoms with van der Waals surface area (Å²) in [5.41, 5.74) is 0. The van der Waals surface area contributed by atoms with E-state index in [0.29, 0.717) is 6.10 Å². The second-order valence-corrected chi connectivity index (χ2v) is 6.35. The number of ether oxygens (including phenoxy) is 1. The van der Waals surface area contributed by atoms with E-state index in [1.54, 1.807) is 0 Å². The predicted octanol–water partition coefficient (Wildman–Crippen LogP) is 2.12. The Labute approximate surface area is 112 Å². The summed E-state index contributed by atoms with van der Waals surface area (Å²) in [7, 11) is 0. The minimum absolute atomic E-state index is 0.476. The molecule has 1 aliphatic carbocycles. The highest BCUT2D eigenvalue weighted by Crippen LogP contribution is 2.32. The number of morpholine rings is 1. The van der Waals surface area contributed by atoms with Crippen LogP contribution in [0.25, 0.3) is 0 Å². The Balaban J connectivity index is 1.72. The van der Waals surface area contributed by atoms with Crippen molar-refractivity contribution in [2.24, 2.45) is 11.8 Å². The summed E-state index contributed by atoms with van der Waals surface area (Å²) in [5.74, 6) is 1.63. The fourth-order valence-electron chi connectivity index (χ4n) is 3.12. The van der Waals surface area contributed by atoms with E-state index in [0.717, 1.165) is 50.5 Å². The van der Waals surface area contributed by atoms with Gasteiger partial charge in [-0.15, -0.1) is 0 Å². The van der Waals surface area contributed by atoms with E-state index >= 15 is 0 Å². The number of rotatable bonds is 6. The molecular weight excluding hydrogens is 224 g/mol. The molecule has 3 unspecified atom stereocenters. The quantitative estimate of drug-likeness (QED) is 0.786. The molecule has 2 aliphatic rings. The van der Waals surface area contributed by atoms with Crippen LogP contribution in [0.15, 0.2) is 0 Å². The van der Waals surface area contributed by atoms with Crippen molar-refractivity contribution in [3.63, 3.8) is 0 Å². The fourth-order valence-corrected chi connectivity index (χ4v) is 3.12. The van der Waals surface area contributed by atoms with Crippen molar-refractivity contribution >= 4 is 0 Å². The zero-order valence-corrected chi connectivity index (χ0v) is 12.3. The lowest BCUT2D eigenvalue weighted by molar-refractivity contribution is -0.0702. The molecule has 0 bridgehead atoms. The standard InChI is InChI=1S/C15H30N2O/c1-4-14-11-17(7-8-18-14)15-6-5-13(15)10-16-9-12(2)3/h12-16H,4-11H2,1-3H3. The molecule has 0 spiro atoms. The molecule has 3 atom stereocenters. The summed E-state index contributed by atoms with van der Waals surface area (Å²) >= 11 is 0. The summed E-state index contributed by atoms with van der Waals surface area (Å²) in [6.07, 6.45) is 4.43. The molecule has 1 N–H and O–H groups in total.